The number of halogens is 1. The number of aryl methyl sites for hydroxylation is 1. The Morgan fingerprint density at radius 2 is 2.07 bits per heavy atom. The van der Waals surface area contributed by atoms with E-state index in [1.54, 1.807) is 17.9 Å². The quantitative estimate of drug-likeness (QED) is 0.717. The minimum Gasteiger partial charge on any atom is -0.490 e. The van der Waals surface area contributed by atoms with Crippen molar-refractivity contribution in [2.45, 2.75) is 13.0 Å². The average Bonchev–Trinajstić information content (AvgIpc) is 3.17. The van der Waals surface area contributed by atoms with Crippen LogP contribution in [0.4, 0.5) is 0 Å². The number of hydrogen-bond donors (Lipinski definition) is 1. The molecule has 140 valence electrons. The maximum absolute atomic E-state index is 12.7. The molecule has 6 nitrogen and oxygen atoms in total. The van der Waals surface area contributed by atoms with Crippen LogP contribution in [0.1, 0.15) is 21.7 Å². The van der Waals surface area contributed by atoms with Gasteiger partial charge < -0.3 is 14.8 Å². The summed E-state index contributed by atoms with van der Waals surface area (Å²) in [7, 11) is 1.79. The zero-order valence-electron chi connectivity index (χ0n) is 14.7. The van der Waals surface area contributed by atoms with E-state index in [4.69, 9.17) is 21.1 Å². The lowest BCUT2D eigenvalue weighted by Gasteiger charge is -2.09. The van der Waals surface area contributed by atoms with Crippen molar-refractivity contribution in [2.75, 3.05) is 13.2 Å². The maximum Gasteiger partial charge on any atom is 0.255 e. The van der Waals surface area contributed by atoms with Gasteiger partial charge in [0, 0.05) is 30.1 Å². The predicted molar refractivity (Wildman–Crippen MR) is 105 cm³/mol. The van der Waals surface area contributed by atoms with Crippen molar-refractivity contribution in [3.8, 4) is 22.8 Å². The zero-order valence-corrected chi connectivity index (χ0v) is 16.3. The second-order valence-corrected chi connectivity index (χ2v) is 7.97. The highest BCUT2D eigenvalue weighted by molar-refractivity contribution is 7.16. The Bertz CT molecular complexity index is 982. The number of benzene rings is 1. The summed E-state index contributed by atoms with van der Waals surface area (Å²) in [5, 5.41) is 7.40. The zero-order chi connectivity index (χ0) is 18.8. The number of hydrogen-bond acceptors (Lipinski definition) is 5. The van der Waals surface area contributed by atoms with E-state index in [-0.39, 0.29) is 5.91 Å². The van der Waals surface area contributed by atoms with E-state index >= 15 is 0 Å². The highest BCUT2D eigenvalue weighted by Gasteiger charge is 2.19. The Hall–Kier alpha value is -2.51. The van der Waals surface area contributed by atoms with E-state index in [1.807, 2.05) is 30.3 Å². The van der Waals surface area contributed by atoms with Gasteiger partial charge in [0.2, 0.25) is 0 Å². The number of carbonyl (C=O) groups is 1. The fourth-order valence-corrected chi connectivity index (χ4v) is 3.92. The first-order valence-electron chi connectivity index (χ1n) is 8.56. The van der Waals surface area contributed by atoms with Gasteiger partial charge in [0.1, 0.15) is 5.69 Å². The lowest BCUT2D eigenvalue weighted by Crippen LogP contribution is -2.22. The monoisotopic (exact) mass is 403 g/mol. The molecule has 0 aliphatic carbocycles. The van der Waals surface area contributed by atoms with Gasteiger partial charge in [-0.05, 0) is 30.3 Å². The van der Waals surface area contributed by atoms with Crippen LogP contribution in [-0.4, -0.2) is 28.9 Å². The molecule has 0 spiro atoms. The number of rotatable bonds is 4. The molecule has 0 bridgehead atoms. The van der Waals surface area contributed by atoms with Crippen molar-refractivity contribution >= 4 is 28.8 Å². The third-order valence-electron chi connectivity index (χ3n) is 4.15. The van der Waals surface area contributed by atoms with E-state index in [0.717, 1.165) is 16.9 Å². The van der Waals surface area contributed by atoms with Crippen molar-refractivity contribution in [2.24, 2.45) is 7.05 Å². The number of ether oxygens (including phenoxy) is 2. The van der Waals surface area contributed by atoms with Crippen molar-refractivity contribution in [3.05, 3.63) is 51.3 Å². The van der Waals surface area contributed by atoms with Crippen LogP contribution in [0.3, 0.4) is 0 Å². The van der Waals surface area contributed by atoms with Crippen LogP contribution < -0.4 is 14.8 Å². The fraction of sp³-hybridized carbons (Fsp3) is 0.263. The highest BCUT2D eigenvalue weighted by Crippen LogP contribution is 2.34. The summed E-state index contributed by atoms with van der Waals surface area (Å²) in [6, 6.07) is 9.35. The van der Waals surface area contributed by atoms with Crippen LogP contribution in [0.5, 0.6) is 11.5 Å². The summed E-state index contributed by atoms with van der Waals surface area (Å²) in [5.41, 5.74) is 1.92. The largest absolute Gasteiger partial charge is 0.490 e. The molecule has 3 heterocycles. The molecule has 0 fully saturated rings. The van der Waals surface area contributed by atoms with Gasteiger partial charge in [0.05, 0.1) is 29.7 Å². The molecule has 1 amide bonds. The van der Waals surface area contributed by atoms with Crippen molar-refractivity contribution in [1.82, 2.24) is 15.1 Å². The van der Waals surface area contributed by atoms with Gasteiger partial charge in [-0.1, -0.05) is 11.6 Å². The minimum absolute atomic E-state index is 0.185. The summed E-state index contributed by atoms with van der Waals surface area (Å²) in [4.78, 5) is 13.7. The lowest BCUT2D eigenvalue weighted by molar-refractivity contribution is 0.0952. The number of nitrogens with zero attached hydrogens (tertiary/aromatic N) is 2. The Balaban J connectivity index is 1.59. The van der Waals surface area contributed by atoms with E-state index < -0.39 is 0 Å². The standard InChI is InChI=1S/C19H18ClN3O3S/c1-23-11-14(19(24)21-10-13-4-6-17(20)27-13)18(22-23)12-3-5-15-16(9-12)26-8-2-7-25-15/h3-6,9,11H,2,7-8,10H2,1H3,(H,21,24). The van der Waals surface area contributed by atoms with Crippen LogP contribution in [0.2, 0.25) is 4.34 Å². The van der Waals surface area contributed by atoms with Crippen LogP contribution in [0.25, 0.3) is 11.3 Å². The molecule has 1 aliphatic rings. The molecule has 8 heteroatoms. The first-order chi connectivity index (χ1) is 13.1. The van der Waals surface area contributed by atoms with E-state index in [9.17, 15) is 4.79 Å². The van der Waals surface area contributed by atoms with Gasteiger partial charge in [-0.25, -0.2) is 0 Å². The maximum atomic E-state index is 12.7. The molecule has 4 rings (SSSR count). The van der Waals surface area contributed by atoms with Crippen LogP contribution >= 0.6 is 22.9 Å². The Morgan fingerprint density at radius 3 is 2.85 bits per heavy atom. The molecule has 1 aromatic carbocycles. The smallest absolute Gasteiger partial charge is 0.255 e. The van der Waals surface area contributed by atoms with Gasteiger partial charge in [-0.2, -0.15) is 5.10 Å². The Labute approximate surface area is 165 Å². The van der Waals surface area contributed by atoms with Gasteiger partial charge >= 0.3 is 0 Å². The summed E-state index contributed by atoms with van der Waals surface area (Å²) in [5.74, 6) is 1.21. The summed E-state index contributed by atoms with van der Waals surface area (Å²) >= 11 is 7.39. The molecule has 3 aromatic rings. The second-order valence-electron chi connectivity index (χ2n) is 6.17. The Kier molecular flexibility index (Phi) is 5.05. The number of fused-ring (bicyclic) bond motifs is 1. The van der Waals surface area contributed by atoms with Gasteiger partial charge in [0.25, 0.3) is 5.91 Å². The van der Waals surface area contributed by atoms with Gasteiger partial charge in [-0.15, -0.1) is 11.3 Å². The highest BCUT2D eigenvalue weighted by atomic mass is 35.5. The van der Waals surface area contributed by atoms with E-state index in [1.165, 1.54) is 11.3 Å². The summed E-state index contributed by atoms with van der Waals surface area (Å²) < 4.78 is 13.8. The predicted octanol–water partition coefficient (Wildman–Crippen LogP) is 3.89. The molecule has 0 saturated carbocycles. The summed E-state index contributed by atoms with van der Waals surface area (Å²) in [6.45, 7) is 1.66. The third kappa shape index (κ3) is 3.94. The normalized spacial score (nSPS) is 13.3. The average molecular weight is 404 g/mol. The second kappa shape index (κ2) is 7.62. The molecule has 0 radical (unpaired) electrons. The molecule has 0 saturated heterocycles. The van der Waals surface area contributed by atoms with Crippen LogP contribution in [0, 0.1) is 0 Å². The number of amides is 1. The molecular formula is C19H18ClN3O3S. The summed E-state index contributed by atoms with van der Waals surface area (Å²) in [6.07, 6.45) is 2.56. The van der Waals surface area contributed by atoms with Crippen LogP contribution in [-0.2, 0) is 13.6 Å². The topological polar surface area (TPSA) is 65.4 Å². The van der Waals surface area contributed by atoms with Gasteiger partial charge in [-0.3, -0.25) is 9.48 Å². The van der Waals surface area contributed by atoms with Gasteiger partial charge in [0.15, 0.2) is 11.5 Å². The third-order valence-corrected chi connectivity index (χ3v) is 5.38. The first-order valence-corrected chi connectivity index (χ1v) is 9.75. The molecule has 0 unspecified atom stereocenters. The molecule has 1 aliphatic heterocycles. The molecule has 1 N–H and O–H groups in total. The first kappa shape index (κ1) is 17.9. The Morgan fingerprint density at radius 1 is 1.26 bits per heavy atom. The molecule has 2 aromatic heterocycles. The SMILES string of the molecule is Cn1cc(C(=O)NCc2ccc(Cl)s2)c(-c2ccc3c(c2)OCCCO3)n1. The minimum atomic E-state index is -0.185. The fourth-order valence-electron chi connectivity index (χ4n) is 2.89. The lowest BCUT2D eigenvalue weighted by atomic mass is 10.1. The number of carbonyl (C=O) groups excluding carboxylic acids is 1. The molecule has 27 heavy (non-hydrogen) atoms. The van der Waals surface area contributed by atoms with Crippen molar-refractivity contribution in [1.29, 1.82) is 0 Å². The molecular weight excluding hydrogens is 386 g/mol. The number of aromatic nitrogens is 2. The number of nitrogens with one attached hydrogen (secondary N) is 1. The van der Waals surface area contributed by atoms with Crippen LogP contribution in [0.15, 0.2) is 36.5 Å². The number of thiophene rings is 1. The van der Waals surface area contributed by atoms with E-state index in [0.29, 0.717) is 46.9 Å². The molecule has 0 atom stereocenters. The van der Waals surface area contributed by atoms with E-state index in [2.05, 4.69) is 10.4 Å². The van der Waals surface area contributed by atoms with Crippen molar-refractivity contribution in [3.63, 3.8) is 0 Å². The van der Waals surface area contributed by atoms with Crippen molar-refractivity contribution < 1.29 is 14.3 Å².